The molecule has 1 amide bonds. The van der Waals surface area contributed by atoms with Crippen LogP contribution in [0.15, 0.2) is 24.3 Å². The fourth-order valence-electron chi connectivity index (χ4n) is 5.42. The Labute approximate surface area is 266 Å². The average molecular weight is 632 g/mol. The summed E-state index contributed by atoms with van der Waals surface area (Å²) in [5, 5.41) is 11.9. The molecule has 12 nitrogen and oxygen atoms in total. The Hall–Kier alpha value is -3.90. The topological polar surface area (TPSA) is 128 Å². The van der Waals surface area contributed by atoms with Gasteiger partial charge in [0.15, 0.2) is 23.0 Å². The standard InChI is InChI=1S/C23H37N3O4.C10H12O5/c1-28-20-17-19-18-21(22(20)29-2)30-16-6-4-3-5-10-25-12-8-13-26(15-14-25)11-7-9-24-23(19)27;1-13-7-4-6(10(11)12)5-8(14-2)9(7)15-3/h17-18H,3-16H2,1-2H3,(H,24,27);4-5H,1-3H3,(H,11,12). The molecule has 2 aliphatic rings. The highest BCUT2D eigenvalue weighted by atomic mass is 16.5. The van der Waals surface area contributed by atoms with Gasteiger partial charge in [0, 0.05) is 25.2 Å². The fourth-order valence-corrected chi connectivity index (χ4v) is 5.42. The Bertz CT molecular complexity index is 1220. The molecule has 2 aromatic rings. The number of amides is 1. The molecule has 0 aromatic heterocycles. The lowest BCUT2D eigenvalue weighted by molar-refractivity contribution is 0.0695. The average Bonchev–Trinajstić information content (AvgIpc) is 3.29. The second kappa shape index (κ2) is 18.8. The van der Waals surface area contributed by atoms with Crippen molar-refractivity contribution in [1.29, 1.82) is 0 Å². The maximum absolute atomic E-state index is 12.7. The molecule has 0 aliphatic carbocycles. The molecule has 0 saturated carbocycles. The summed E-state index contributed by atoms with van der Waals surface area (Å²) in [7, 11) is 7.49. The maximum Gasteiger partial charge on any atom is 0.335 e. The summed E-state index contributed by atoms with van der Waals surface area (Å²) in [4.78, 5) is 28.6. The third-order valence-electron chi connectivity index (χ3n) is 7.86. The van der Waals surface area contributed by atoms with Gasteiger partial charge in [-0.3, -0.25) is 4.79 Å². The fraction of sp³-hybridized carbons (Fsp3) is 0.576. The summed E-state index contributed by atoms with van der Waals surface area (Å²) in [5.74, 6) is 1.49. The van der Waals surface area contributed by atoms with Crippen molar-refractivity contribution in [3.63, 3.8) is 0 Å². The molecular formula is C33H49N3O9. The van der Waals surface area contributed by atoms with Crippen LogP contribution in [-0.2, 0) is 0 Å². The number of carboxylic acids is 1. The smallest absolute Gasteiger partial charge is 0.335 e. The van der Waals surface area contributed by atoms with E-state index < -0.39 is 5.97 Å². The summed E-state index contributed by atoms with van der Waals surface area (Å²) in [5.41, 5.74) is 0.621. The first kappa shape index (κ1) is 35.6. The molecule has 1 fully saturated rings. The van der Waals surface area contributed by atoms with E-state index in [9.17, 15) is 9.59 Å². The zero-order chi connectivity index (χ0) is 32.6. The Morgan fingerprint density at radius 3 is 1.82 bits per heavy atom. The molecule has 2 aliphatic heterocycles. The number of nitrogens with zero attached hydrogens (tertiary/aromatic N) is 2. The van der Waals surface area contributed by atoms with Crippen LogP contribution >= 0.6 is 0 Å². The number of carbonyl (C=O) groups excluding carboxylic acids is 1. The van der Waals surface area contributed by atoms with E-state index in [2.05, 4.69) is 15.1 Å². The predicted molar refractivity (Wildman–Crippen MR) is 171 cm³/mol. The Kier molecular flexibility index (Phi) is 14.9. The van der Waals surface area contributed by atoms with Crippen molar-refractivity contribution in [2.75, 3.05) is 88.0 Å². The van der Waals surface area contributed by atoms with Crippen molar-refractivity contribution in [1.82, 2.24) is 15.1 Å². The van der Waals surface area contributed by atoms with Gasteiger partial charge in [-0.15, -0.1) is 0 Å². The van der Waals surface area contributed by atoms with Crippen LogP contribution in [-0.4, -0.2) is 115 Å². The molecule has 2 unspecified atom stereocenters. The number of carbonyl (C=O) groups is 2. The van der Waals surface area contributed by atoms with Gasteiger partial charge in [-0.25, -0.2) is 4.79 Å². The van der Waals surface area contributed by atoms with E-state index in [0.29, 0.717) is 53.2 Å². The molecule has 0 spiro atoms. The highest BCUT2D eigenvalue weighted by Crippen LogP contribution is 2.39. The number of methoxy groups -OCH3 is 5. The number of fused-ring (bicyclic) bond motifs is 5. The molecule has 4 rings (SSSR count). The van der Waals surface area contributed by atoms with Gasteiger partial charge in [0.2, 0.25) is 11.5 Å². The van der Waals surface area contributed by atoms with Gasteiger partial charge < -0.3 is 48.6 Å². The number of benzene rings is 2. The number of nitrogens with one attached hydrogen (secondary N) is 1. The first-order valence-corrected chi connectivity index (χ1v) is 15.5. The molecular weight excluding hydrogens is 582 g/mol. The summed E-state index contributed by atoms with van der Waals surface area (Å²) in [6, 6.07) is 6.23. The SMILES string of the molecule is COc1cc(C(=O)O)cc(OC)c1OC.COc1cc2cc(c1OC)OCCCCCCN1CCCN(CCCNC2=O)CC1. The van der Waals surface area contributed by atoms with E-state index in [1.54, 1.807) is 26.4 Å². The summed E-state index contributed by atoms with van der Waals surface area (Å²) in [6.45, 7) is 8.11. The minimum Gasteiger partial charge on any atom is -0.493 e. The quantitative estimate of drug-likeness (QED) is 0.476. The molecule has 4 bridgehead atoms. The molecule has 2 atom stereocenters. The van der Waals surface area contributed by atoms with E-state index in [0.717, 1.165) is 45.4 Å². The zero-order valence-corrected chi connectivity index (χ0v) is 27.3. The third kappa shape index (κ3) is 10.6. The van der Waals surface area contributed by atoms with Crippen LogP contribution in [0.5, 0.6) is 34.5 Å². The number of hydrogen-bond acceptors (Lipinski definition) is 10. The largest absolute Gasteiger partial charge is 0.493 e. The molecule has 2 aromatic carbocycles. The molecule has 250 valence electrons. The van der Waals surface area contributed by atoms with Gasteiger partial charge in [0.1, 0.15) is 0 Å². The highest BCUT2D eigenvalue weighted by Gasteiger charge is 2.19. The second-order valence-corrected chi connectivity index (χ2v) is 10.8. The first-order valence-electron chi connectivity index (χ1n) is 15.5. The summed E-state index contributed by atoms with van der Waals surface area (Å²) >= 11 is 0. The van der Waals surface area contributed by atoms with E-state index in [-0.39, 0.29) is 11.5 Å². The van der Waals surface area contributed by atoms with Crippen molar-refractivity contribution < 1.29 is 43.1 Å². The predicted octanol–water partition coefficient (Wildman–Crippen LogP) is 4.19. The minimum atomic E-state index is -1.05. The lowest BCUT2D eigenvalue weighted by Crippen LogP contribution is -2.33. The second-order valence-electron chi connectivity index (χ2n) is 10.8. The molecule has 12 heteroatoms. The van der Waals surface area contributed by atoms with Crippen LogP contribution < -0.4 is 33.7 Å². The lowest BCUT2D eigenvalue weighted by Gasteiger charge is -2.21. The van der Waals surface area contributed by atoms with Gasteiger partial charge in [-0.1, -0.05) is 12.8 Å². The van der Waals surface area contributed by atoms with Crippen molar-refractivity contribution >= 4 is 11.9 Å². The van der Waals surface area contributed by atoms with Gasteiger partial charge >= 0.3 is 5.97 Å². The molecule has 0 radical (unpaired) electrons. The number of hydrogen-bond donors (Lipinski definition) is 2. The molecule has 2 N–H and O–H groups in total. The van der Waals surface area contributed by atoms with Gasteiger partial charge in [0.25, 0.3) is 5.91 Å². The monoisotopic (exact) mass is 631 g/mol. The summed E-state index contributed by atoms with van der Waals surface area (Å²) < 4.78 is 32.0. The summed E-state index contributed by atoms with van der Waals surface area (Å²) in [6.07, 6.45) is 6.75. The van der Waals surface area contributed by atoms with Gasteiger partial charge in [-0.2, -0.15) is 0 Å². The van der Waals surface area contributed by atoms with Crippen molar-refractivity contribution in [3.8, 4) is 34.5 Å². The van der Waals surface area contributed by atoms with Crippen LogP contribution in [0.2, 0.25) is 0 Å². The van der Waals surface area contributed by atoms with Crippen LogP contribution in [0.25, 0.3) is 0 Å². The molecule has 2 heterocycles. The highest BCUT2D eigenvalue weighted by molar-refractivity contribution is 5.95. The van der Waals surface area contributed by atoms with Crippen LogP contribution in [0.3, 0.4) is 0 Å². The number of ether oxygens (including phenoxy) is 6. The number of rotatable bonds is 6. The van der Waals surface area contributed by atoms with Crippen LogP contribution in [0.4, 0.5) is 0 Å². The lowest BCUT2D eigenvalue weighted by atomic mass is 10.1. The van der Waals surface area contributed by atoms with Crippen molar-refractivity contribution in [3.05, 3.63) is 35.4 Å². The Morgan fingerprint density at radius 2 is 1.24 bits per heavy atom. The van der Waals surface area contributed by atoms with E-state index in [1.165, 1.54) is 65.8 Å². The minimum absolute atomic E-state index is 0.0875. The van der Waals surface area contributed by atoms with E-state index in [4.69, 9.17) is 33.5 Å². The number of aromatic carboxylic acids is 1. The van der Waals surface area contributed by atoms with Crippen LogP contribution in [0.1, 0.15) is 59.2 Å². The zero-order valence-electron chi connectivity index (χ0n) is 27.3. The maximum atomic E-state index is 12.7. The van der Waals surface area contributed by atoms with Gasteiger partial charge in [0.05, 0.1) is 47.7 Å². The first-order chi connectivity index (χ1) is 21.8. The van der Waals surface area contributed by atoms with Crippen molar-refractivity contribution in [2.45, 2.75) is 38.5 Å². The normalized spacial score (nSPS) is 19.4. The van der Waals surface area contributed by atoms with E-state index in [1.807, 2.05) is 0 Å². The Balaban J connectivity index is 0.000000309. The molecule has 1 saturated heterocycles. The molecule has 45 heavy (non-hydrogen) atoms. The Morgan fingerprint density at radius 1 is 0.689 bits per heavy atom. The van der Waals surface area contributed by atoms with Crippen LogP contribution in [0, 0.1) is 0 Å². The van der Waals surface area contributed by atoms with E-state index >= 15 is 0 Å². The number of carboxylic acid groups (broad SMARTS) is 1. The van der Waals surface area contributed by atoms with Crippen molar-refractivity contribution in [2.24, 2.45) is 0 Å². The third-order valence-corrected chi connectivity index (χ3v) is 7.86. The van der Waals surface area contributed by atoms with Gasteiger partial charge in [-0.05, 0) is 76.1 Å².